The third-order valence-electron chi connectivity index (χ3n) is 11.4. The van der Waals surface area contributed by atoms with Crippen LogP contribution in [-0.4, -0.2) is 37.2 Å². The molecule has 0 aromatic carbocycles. The van der Waals surface area contributed by atoms with E-state index in [1.807, 2.05) is 0 Å². The predicted octanol–water partition coefficient (Wildman–Crippen LogP) is 17.8. The van der Waals surface area contributed by atoms with Crippen LogP contribution in [0.4, 0.5) is 0 Å². The van der Waals surface area contributed by atoms with Crippen molar-refractivity contribution in [2.24, 2.45) is 0 Å². The molecule has 0 aromatic heterocycles. The molecule has 64 heavy (non-hydrogen) atoms. The van der Waals surface area contributed by atoms with Crippen molar-refractivity contribution in [1.29, 1.82) is 0 Å². The van der Waals surface area contributed by atoms with Gasteiger partial charge in [-0.3, -0.25) is 14.4 Å². The molecule has 1 unspecified atom stereocenters. The molecule has 0 aliphatic heterocycles. The van der Waals surface area contributed by atoms with Crippen LogP contribution >= 0.6 is 0 Å². The molecule has 6 nitrogen and oxygen atoms in total. The van der Waals surface area contributed by atoms with Crippen LogP contribution in [0.25, 0.3) is 0 Å². The fraction of sp³-hybridized carbons (Fsp3) is 0.741. The van der Waals surface area contributed by atoms with Gasteiger partial charge in [0.05, 0.1) is 0 Å². The third-order valence-corrected chi connectivity index (χ3v) is 11.4. The zero-order valence-corrected chi connectivity index (χ0v) is 42.0. The first-order valence-corrected chi connectivity index (χ1v) is 26.9. The maximum atomic E-state index is 12.8. The van der Waals surface area contributed by atoms with Crippen LogP contribution < -0.4 is 0 Å². The van der Waals surface area contributed by atoms with Gasteiger partial charge in [0.1, 0.15) is 13.2 Å². The average Bonchev–Trinajstić information content (AvgIpc) is 3.29. The van der Waals surface area contributed by atoms with Gasteiger partial charge in [-0.05, 0) is 89.9 Å². The summed E-state index contributed by atoms with van der Waals surface area (Å²) in [5.74, 6) is -0.903. The van der Waals surface area contributed by atoms with E-state index in [-0.39, 0.29) is 31.1 Å². The largest absolute Gasteiger partial charge is 0.462 e. The molecule has 0 saturated heterocycles. The van der Waals surface area contributed by atoms with Crippen LogP contribution in [0, 0.1) is 0 Å². The normalized spacial score (nSPS) is 12.6. The van der Waals surface area contributed by atoms with E-state index in [4.69, 9.17) is 14.2 Å². The quantitative estimate of drug-likeness (QED) is 0.0262. The molecule has 0 aromatic rings. The number of carbonyl (C=O) groups is 3. The monoisotopic (exact) mass is 893 g/mol. The van der Waals surface area contributed by atoms with E-state index >= 15 is 0 Å². The minimum absolute atomic E-state index is 0.0825. The molecule has 0 fully saturated rings. The van der Waals surface area contributed by atoms with Crippen LogP contribution in [-0.2, 0) is 28.6 Å². The smallest absolute Gasteiger partial charge is 0.306 e. The van der Waals surface area contributed by atoms with Crippen molar-refractivity contribution in [1.82, 2.24) is 0 Å². The molecule has 0 aliphatic rings. The molecular weight excluding hydrogens is 793 g/mol. The summed E-state index contributed by atoms with van der Waals surface area (Å²) in [6.07, 6.45) is 66.0. The molecule has 1 atom stereocenters. The zero-order valence-electron chi connectivity index (χ0n) is 42.0. The maximum absolute atomic E-state index is 12.8. The van der Waals surface area contributed by atoms with E-state index in [0.717, 1.165) is 103 Å². The highest BCUT2D eigenvalue weighted by atomic mass is 16.6. The second-order valence-electron chi connectivity index (χ2n) is 17.8. The molecule has 0 spiro atoms. The number of ether oxygens (including phenoxy) is 3. The molecule has 0 saturated carbocycles. The molecule has 0 amide bonds. The van der Waals surface area contributed by atoms with Gasteiger partial charge >= 0.3 is 17.9 Å². The summed E-state index contributed by atoms with van der Waals surface area (Å²) >= 11 is 0. The third kappa shape index (κ3) is 49.9. The molecule has 0 radical (unpaired) electrons. The fourth-order valence-electron chi connectivity index (χ4n) is 7.40. The van der Waals surface area contributed by atoms with Crippen molar-refractivity contribution in [2.75, 3.05) is 13.2 Å². The zero-order chi connectivity index (χ0) is 46.5. The Balaban J connectivity index is 4.37. The highest BCUT2D eigenvalue weighted by molar-refractivity contribution is 5.71. The molecule has 0 rings (SSSR count). The minimum Gasteiger partial charge on any atom is -0.462 e. The van der Waals surface area contributed by atoms with Crippen molar-refractivity contribution >= 4 is 17.9 Å². The first kappa shape index (κ1) is 60.9. The summed E-state index contributed by atoms with van der Waals surface area (Å²) < 4.78 is 16.8. The van der Waals surface area contributed by atoms with Crippen molar-refractivity contribution < 1.29 is 28.6 Å². The second kappa shape index (κ2) is 52.5. The Morgan fingerprint density at radius 2 is 0.609 bits per heavy atom. The number of rotatable bonds is 48. The number of hydrogen-bond donors (Lipinski definition) is 0. The van der Waals surface area contributed by atoms with Gasteiger partial charge in [-0.25, -0.2) is 0 Å². The average molecular weight is 893 g/mol. The number of hydrogen-bond acceptors (Lipinski definition) is 6. The number of allylic oxidation sites excluding steroid dienone is 12. The lowest BCUT2D eigenvalue weighted by Gasteiger charge is -2.18. The van der Waals surface area contributed by atoms with Crippen LogP contribution in [0.1, 0.15) is 258 Å². The Morgan fingerprint density at radius 1 is 0.328 bits per heavy atom. The molecule has 0 bridgehead atoms. The van der Waals surface area contributed by atoms with Crippen molar-refractivity contribution in [3.05, 3.63) is 72.9 Å². The van der Waals surface area contributed by atoms with Crippen LogP contribution in [0.15, 0.2) is 72.9 Å². The summed E-state index contributed by atoms with van der Waals surface area (Å²) in [6.45, 7) is 6.48. The minimum atomic E-state index is -0.784. The lowest BCUT2D eigenvalue weighted by molar-refractivity contribution is -0.167. The van der Waals surface area contributed by atoms with Gasteiger partial charge in [0.15, 0.2) is 6.10 Å². The molecule has 0 heterocycles. The molecule has 0 aliphatic carbocycles. The summed E-state index contributed by atoms with van der Waals surface area (Å²) in [4.78, 5) is 38.0. The van der Waals surface area contributed by atoms with Crippen molar-refractivity contribution in [3.8, 4) is 0 Å². The Morgan fingerprint density at radius 3 is 0.984 bits per heavy atom. The Kier molecular flexibility index (Phi) is 49.9. The van der Waals surface area contributed by atoms with Gasteiger partial charge in [0, 0.05) is 19.3 Å². The predicted molar refractivity (Wildman–Crippen MR) is 274 cm³/mol. The molecule has 368 valence electrons. The van der Waals surface area contributed by atoms with Crippen molar-refractivity contribution in [3.63, 3.8) is 0 Å². The van der Waals surface area contributed by atoms with Gasteiger partial charge in [-0.2, -0.15) is 0 Å². The van der Waals surface area contributed by atoms with Gasteiger partial charge in [-0.15, -0.1) is 0 Å². The lowest BCUT2D eigenvalue weighted by atomic mass is 10.1. The Labute approximate surface area is 395 Å². The molecule has 0 N–H and O–H groups in total. The van der Waals surface area contributed by atoms with E-state index in [1.165, 1.54) is 116 Å². The highest BCUT2D eigenvalue weighted by Crippen LogP contribution is 2.15. The van der Waals surface area contributed by atoms with E-state index < -0.39 is 6.10 Å². The van der Waals surface area contributed by atoms with Gasteiger partial charge in [0.2, 0.25) is 0 Å². The van der Waals surface area contributed by atoms with Crippen LogP contribution in [0.3, 0.4) is 0 Å². The summed E-state index contributed by atoms with van der Waals surface area (Å²) in [7, 11) is 0. The van der Waals surface area contributed by atoms with Gasteiger partial charge < -0.3 is 14.2 Å². The molecule has 6 heteroatoms. The molecular formula is C58H100O6. The Hall–Kier alpha value is -3.15. The SMILES string of the molecule is CC/C=C\C/C=C\C/C=C\CCCCCCCCCC(=O)OC(COC(=O)CCCCCCCC/C=C\C/C=C\C/C=C\CCCCC)COC(=O)CCCCCCCCCCCC. The highest BCUT2D eigenvalue weighted by Gasteiger charge is 2.19. The second-order valence-corrected chi connectivity index (χ2v) is 17.8. The summed E-state index contributed by atoms with van der Waals surface area (Å²) in [6, 6.07) is 0. The number of carbonyl (C=O) groups excluding carboxylic acids is 3. The first-order chi connectivity index (χ1) is 31.5. The number of esters is 3. The number of unbranched alkanes of at least 4 members (excludes halogenated alkanes) is 25. The van der Waals surface area contributed by atoms with E-state index in [0.29, 0.717) is 19.3 Å². The first-order valence-electron chi connectivity index (χ1n) is 26.9. The summed E-state index contributed by atoms with van der Waals surface area (Å²) in [5, 5.41) is 0. The van der Waals surface area contributed by atoms with E-state index in [2.05, 4.69) is 93.7 Å². The van der Waals surface area contributed by atoms with E-state index in [9.17, 15) is 14.4 Å². The lowest BCUT2D eigenvalue weighted by Crippen LogP contribution is -2.30. The maximum Gasteiger partial charge on any atom is 0.306 e. The summed E-state index contributed by atoms with van der Waals surface area (Å²) in [5.41, 5.74) is 0. The fourth-order valence-corrected chi connectivity index (χ4v) is 7.40. The van der Waals surface area contributed by atoms with Crippen LogP contribution in [0.2, 0.25) is 0 Å². The van der Waals surface area contributed by atoms with Crippen LogP contribution in [0.5, 0.6) is 0 Å². The van der Waals surface area contributed by atoms with Gasteiger partial charge in [-0.1, -0.05) is 222 Å². The van der Waals surface area contributed by atoms with Gasteiger partial charge in [0.25, 0.3) is 0 Å². The topological polar surface area (TPSA) is 78.9 Å². The van der Waals surface area contributed by atoms with E-state index in [1.54, 1.807) is 0 Å². The standard InChI is InChI=1S/C58H100O6/c1-4-7-10-13-16-19-22-24-26-28-29-31-32-34-36-39-42-45-48-51-57(60)63-54-55(53-62-56(59)50-47-44-41-38-21-18-15-12-9-6-3)64-58(61)52-49-46-43-40-37-35-33-30-27-25-23-20-17-14-11-8-5-2/h8,11,16-17,19-20,24-27,29,31,55H,4-7,9-10,12-15,18,21-23,28,30,32-54H2,1-3H3/b11-8-,19-16-,20-17-,26-24-,27-25-,31-29-. The Bertz CT molecular complexity index is 1210. The van der Waals surface area contributed by atoms with Crippen molar-refractivity contribution in [2.45, 2.75) is 264 Å².